The van der Waals surface area contributed by atoms with Gasteiger partial charge < -0.3 is 15.4 Å². The van der Waals surface area contributed by atoms with Crippen LogP contribution in [0.15, 0.2) is 42.5 Å². The predicted octanol–water partition coefficient (Wildman–Crippen LogP) is 3.08. The van der Waals surface area contributed by atoms with Gasteiger partial charge in [0.15, 0.2) is 0 Å². The number of nitrogens with one attached hydrogen (secondary N) is 2. The smallest absolute Gasteiger partial charge is 0.239 e. The number of hydrogen-bond donors (Lipinski definition) is 2. The van der Waals surface area contributed by atoms with E-state index in [2.05, 4.69) is 23.6 Å². The number of anilines is 1. The predicted molar refractivity (Wildman–Crippen MR) is 94.1 cm³/mol. The van der Waals surface area contributed by atoms with Crippen LogP contribution in [-0.4, -0.2) is 26.1 Å². The SMILES string of the molecule is COc1ccc(CCNC(=O)CNc2ccc(C)cc2C)cc1. The minimum absolute atomic E-state index is 0.00140. The fourth-order valence-corrected chi connectivity index (χ4v) is 2.39. The van der Waals surface area contributed by atoms with Crippen LogP contribution in [0.1, 0.15) is 16.7 Å². The summed E-state index contributed by atoms with van der Waals surface area (Å²) < 4.78 is 5.12. The standard InChI is InChI=1S/C19H24N2O2/c1-14-4-9-18(15(2)12-14)21-13-19(22)20-11-10-16-5-7-17(23-3)8-6-16/h4-9,12,21H,10-11,13H2,1-3H3,(H,20,22). The van der Waals surface area contributed by atoms with E-state index >= 15 is 0 Å². The summed E-state index contributed by atoms with van der Waals surface area (Å²) in [7, 11) is 1.65. The first-order valence-electron chi connectivity index (χ1n) is 7.79. The van der Waals surface area contributed by atoms with Gasteiger partial charge in [0, 0.05) is 12.2 Å². The molecule has 0 fully saturated rings. The summed E-state index contributed by atoms with van der Waals surface area (Å²) in [4.78, 5) is 11.9. The molecule has 23 heavy (non-hydrogen) atoms. The number of rotatable bonds is 7. The molecular formula is C19H24N2O2. The van der Waals surface area contributed by atoms with Crippen LogP contribution in [0.5, 0.6) is 5.75 Å². The fourth-order valence-electron chi connectivity index (χ4n) is 2.39. The lowest BCUT2D eigenvalue weighted by Crippen LogP contribution is -2.31. The van der Waals surface area contributed by atoms with Crippen molar-refractivity contribution in [1.29, 1.82) is 0 Å². The van der Waals surface area contributed by atoms with E-state index in [1.54, 1.807) is 7.11 Å². The number of carbonyl (C=O) groups is 1. The molecule has 122 valence electrons. The van der Waals surface area contributed by atoms with Gasteiger partial charge in [-0.05, 0) is 49.6 Å². The molecule has 0 saturated heterocycles. The van der Waals surface area contributed by atoms with Crippen molar-refractivity contribution < 1.29 is 9.53 Å². The number of aryl methyl sites for hydroxylation is 2. The summed E-state index contributed by atoms with van der Waals surface area (Å²) >= 11 is 0. The highest BCUT2D eigenvalue weighted by Gasteiger charge is 2.03. The van der Waals surface area contributed by atoms with Gasteiger partial charge in [-0.2, -0.15) is 0 Å². The molecule has 0 aliphatic heterocycles. The summed E-state index contributed by atoms with van der Waals surface area (Å²) in [6.07, 6.45) is 0.805. The summed E-state index contributed by atoms with van der Waals surface area (Å²) in [6, 6.07) is 14.0. The zero-order chi connectivity index (χ0) is 16.7. The Hall–Kier alpha value is -2.49. The Kier molecular flexibility index (Phi) is 6.03. The number of amides is 1. The minimum Gasteiger partial charge on any atom is -0.497 e. The van der Waals surface area contributed by atoms with Gasteiger partial charge in [-0.25, -0.2) is 0 Å². The highest BCUT2D eigenvalue weighted by molar-refractivity contribution is 5.80. The summed E-state index contributed by atoms with van der Waals surface area (Å²) in [5.74, 6) is 0.842. The van der Waals surface area contributed by atoms with Gasteiger partial charge in [0.2, 0.25) is 5.91 Å². The van der Waals surface area contributed by atoms with Crippen molar-refractivity contribution in [2.75, 3.05) is 25.5 Å². The maximum absolute atomic E-state index is 11.9. The van der Waals surface area contributed by atoms with Gasteiger partial charge in [-0.3, -0.25) is 4.79 Å². The monoisotopic (exact) mass is 312 g/mol. The third-order valence-electron chi connectivity index (χ3n) is 3.72. The van der Waals surface area contributed by atoms with Crippen molar-refractivity contribution in [1.82, 2.24) is 5.32 Å². The molecule has 0 spiro atoms. The molecule has 0 bridgehead atoms. The Bertz CT molecular complexity index is 651. The van der Waals surface area contributed by atoms with E-state index in [0.29, 0.717) is 6.54 Å². The van der Waals surface area contributed by atoms with Crippen molar-refractivity contribution in [3.8, 4) is 5.75 Å². The normalized spacial score (nSPS) is 10.2. The van der Waals surface area contributed by atoms with E-state index in [0.717, 1.165) is 23.4 Å². The summed E-state index contributed by atoms with van der Waals surface area (Å²) in [5, 5.41) is 6.10. The second kappa shape index (κ2) is 8.22. The van der Waals surface area contributed by atoms with Gasteiger partial charge in [-0.1, -0.05) is 29.8 Å². The number of methoxy groups -OCH3 is 1. The minimum atomic E-state index is -0.00140. The van der Waals surface area contributed by atoms with Crippen molar-refractivity contribution in [2.45, 2.75) is 20.3 Å². The quantitative estimate of drug-likeness (QED) is 0.826. The number of ether oxygens (including phenoxy) is 1. The topological polar surface area (TPSA) is 50.4 Å². The van der Waals surface area contributed by atoms with Crippen LogP contribution in [0.4, 0.5) is 5.69 Å². The Morgan fingerprint density at radius 2 is 1.83 bits per heavy atom. The number of hydrogen-bond acceptors (Lipinski definition) is 3. The molecule has 2 aromatic rings. The zero-order valence-electron chi connectivity index (χ0n) is 14.0. The highest BCUT2D eigenvalue weighted by atomic mass is 16.5. The summed E-state index contributed by atoms with van der Waals surface area (Å²) in [6.45, 7) is 5.01. The third-order valence-corrected chi connectivity index (χ3v) is 3.72. The van der Waals surface area contributed by atoms with E-state index < -0.39 is 0 Å². The van der Waals surface area contributed by atoms with Crippen molar-refractivity contribution in [3.05, 3.63) is 59.2 Å². The molecule has 2 aromatic carbocycles. The average molecular weight is 312 g/mol. The largest absolute Gasteiger partial charge is 0.497 e. The average Bonchev–Trinajstić information content (AvgIpc) is 2.54. The number of carbonyl (C=O) groups excluding carboxylic acids is 1. The number of benzene rings is 2. The molecule has 0 aromatic heterocycles. The van der Waals surface area contributed by atoms with E-state index in [1.165, 1.54) is 11.1 Å². The molecule has 0 atom stereocenters. The van der Waals surface area contributed by atoms with Crippen molar-refractivity contribution in [3.63, 3.8) is 0 Å². The van der Waals surface area contributed by atoms with Crippen LogP contribution in [0.25, 0.3) is 0 Å². The molecule has 4 heteroatoms. The lowest BCUT2D eigenvalue weighted by Gasteiger charge is -2.11. The van der Waals surface area contributed by atoms with E-state index in [-0.39, 0.29) is 12.5 Å². The zero-order valence-corrected chi connectivity index (χ0v) is 14.0. The van der Waals surface area contributed by atoms with Crippen molar-refractivity contribution in [2.24, 2.45) is 0 Å². The lowest BCUT2D eigenvalue weighted by molar-refractivity contribution is -0.119. The highest BCUT2D eigenvalue weighted by Crippen LogP contribution is 2.15. The fraction of sp³-hybridized carbons (Fsp3) is 0.316. The molecule has 0 aliphatic rings. The first kappa shape index (κ1) is 16.9. The van der Waals surface area contributed by atoms with Gasteiger partial charge in [-0.15, -0.1) is 0 Å². The van der Waals surface area contributed by atoms with Gasteiger partial charge >= 0.3 is 0 Å². The van der Waals surface area contributed by atoms with Gasteiger partial charge in [0.25, 0.3) is 0 Å². The van der Waals surface area contributed by atoms with Crippen LogP contribution in [-0.2, 0) is 11.2 Å². The maximum atomic E-state index is 11.9. The van der Waals surface area contributed by atoms with Crippen LogP contribution < -0.4 is 15.4 Å². The van der Waals surface area contributed by atoms with Gasteiger partial charge in [0.1, 0.15) is 5.75 Å². The Labute approximate surface area is 137 Å². The molecule has 0 unspecified atom stereocenters. The second-order valence-electron chi connectivity index (χ2n) is 5.62. The molecule has 2 rings (SSSR count). The second-order valence-corrected chi connectivity index (χ2v) is 5.62. The molecule has 0 aliphatic carbocycles. The molecule has 1 amide bonds. The molecule has 4 nitrogen and oxygen atoms in total. The van der Waals surface area contributed by atoms with E-state index in [1.807, 2.05) is 43.3 Å². The van der Waals surface area contributed by atoms with Crippen molar-refractivity contribution >= 4 is 11.6 Å². The van der Waals surface area contributed by atoms with E-state index in [4.69, 9.17) is 4.74 Å². The van der Waals surface area contributed by atoms with Crippen LogP contribution in [0, 0.1) is 13.8 Å². The first-order chi connectivity index (χ1) is 11.1. The molecule has 0 saturated carbocycles. The van der Waals surface area contributed by atoms with Crippen LogP contribution in [0.2, 0.25) is 0 Å². The van der Waals surface area contributed by atoms with Crippen LogP contribution >= 0.6 is 0 Å². The van der Waals surface area contributed by atoms with Crippen LogP contribution in [0.3, 0.4) is 0 Å². The van der Waals surface area contributed by atoms with E-state index in [9.17, 15) is 4.79 Å². The summed E-state index contributed by atoms with van der Waals surface area (Å²) in [5.41, 5.74) is 4.54. The molecule has 0 radical (unpaired) electrons. The molecule has 0 heterocycles. The van der Waals surface area contributed by atoms with Gasteiger partial charge in [0.05, 0.1) is 13.7 Å². The third kappa shape index (κ3) is 5.33. The maximum Gasteiger partial charge on any atom is 0.239 e. The molecule has 2 N–H and O–H groups in total. The molecular weight excluding hydrogens is 288 g/mol. The first-order valence-corrected chi connectivity index (χ1v) is 7.79. The Morgan fingerprint density at radius 3 is 2.48 bits per heavy atom. The Morgan fingerprint density at radius 1 is 1.09 bits per heavy atom. The Balaban J connectivity index is 1.72. The lowest BCUT2D eigenvalue weighted by atomic mass is 10.1.